The zero-order valence-electron chi connectivity index (χ0n) is 21.0. The number of esters is 1. The second-order valence-electron chi connectivity index (χ2n) is 9.68. The van der Waals surface area contributed by atoms with Crippen LogP contribution in [-0.4, -0.2) is 31.3 Å². The quantitative estimate of drug-likeness (QED) is 0.192. The van der Waals surface area contributed by atoms with Gasteiger partial charge in [0.05, 0.1) is 12.7 Å². The molecule has 4 rings (SSSR count). The van der Waals surface area contributed by atoms with E-state index < -0.39 is 5.97 Å². The average molecular weight is 485 g/mol. The van der Waals surface area contributed by atoms with Crippen LogP contribution in [0.25, 0.3) is 6.08 Å². The number of fused-ring (bicyclic) bond motifs is 1. The lowest BCUT2D eigenvalue weighted by molar-refractivity contribution is -0.136. The van der Waals surface area contributed by atoms with E-state index in [4.69, 9.17) is 14.2 Å². The lowest BCUT2D eigenvalue weighted by Crippen LogP contribution is -2.20. The number of hydrogen-bond donors (Lipinski definition) is 0. The van der Waals surface area contributed by atoms with Crippen molar-refractivity contribution in [3.8, 4) is 17.2 Å². The normalized spacial score (nSPS) is 12.9. The summed E-state index contributed by atoms with van der Waals surface area (Å²) in [5.74, 6) is -0.0809. The zero-order chi connectivity index (χ0) is 26.0. The van der Waals surface area contributed by atoms with Gasteiger partial charge in [0.2, 0.25) is 0 Å². The highest BCUT2D eigenvalue weighted by atomic mass is 16.6. The number of Topliss-reactive ketones (excluding diaryl/α,β-unsaturated/α-hetero) is 2. The predicted octanol–water partition coefficient (Wildman–Crippen LogP) is 5.75. The minimum atomic E-state index is -0.587. The van der Waals surface area contributed by atoms with Gasteiger partial charge in [0, 0.05) is 11.1 Å². The molecule has 0 saturated heterocycles. The number of ketones is 2. The maximum absolute atomic E-state index is 12.7. The zero-order valence-corrected chi connectivity index (χ0v) is 21.0. The Morgan fingerprint density at radius 3 is 2.11 bits per heavy atom. The molecular formula is C30H28O6. The van der Waals surface area contributed by atoms with Crippen molar-refractivity contribution in [3.05, 3.63) is 94.1 Å². The van der Waals surface area contributed by atoms with Gasteiger partial charge in [0.1, 0.15) is 5.75 Å². The predicted molar refractivity (Wildman–Crippen MR) is 137 cm³/mol. The Morgan fingerprint density at radius 1 is 0.861 bits per heavy atom. The van der Waals surface area contributed by atoms with E-state index >= 15 is 0 Å². The number of benzene rings is 3. The van der Waals surface area contributed by atoms with E-state index in [-0.39, 0.29) is 34.9 Å². The van der Waals surface area contributed by atoms with Crippen LogP contribution in [0.4, 0.5) is 0 Å². The minimum Gasteiger partial charge on any atom is -0.493 e. The van der Waals surface area contributed by atoms with Gasteiger partial charge in [-0.2, -0.15) is 0 Å². The Morgan fingerprint density at radius 2 is 1.50 bits per heavy atom. The number of allylic oxidation sites excluding steroid dienone is 1. The monoisotopic (exact) mass is 484 g/mol. The molecule has 6 heteroatoms. The van der Waals surface area contributed by atoms with E-state index in [0.29, 0.717) is 28.2 Å². The van der Waals surface area contributed by atoms with Gasteiger partial charge in [-0.3, -0.25) is 9.59 Å². The second kappa shape index (κ2) is 9.82. The highest BCUT2D eigenvalue weighted by molar-refractivity contribution is 6.41. The number of methoxy groups -OCH3 is 1. The van der Waals surface area contributed by atoms with Crippen LogP contribution in [0.15, 0.2) is 66.2 Å². The second-order valence-corrected chi connectivity index (χ2v) is 9.68. The summed E-state index contributed by atoms with van der Waals surface area (Å²) < 4.78 is 16.7. The smallest absolute Gasteiger partial charge is 0.349 e. The molecule has 0 saturated carbocycles. The summed E-state index contributed by atoms with van der Waals surface area (Å²) in [5, 5.41) is 0. The number of carbonyl (C=O) groups excluding carboxylic acids is 3. The molecule has 3 aromatic carbocycles. The van der Waals surface area contributed by atoms with Crippen LogP contribution in [0.3, 0.4) is 0 Å². The molecule has 3 aromatic rings. The molecule has 1 aliphatic carbocycles. The molecule has 0 N–H and O–H groups in total. The van der Waals surface area contributed by atoms with Crippen molar-refractivity contribution in [1.29, 1.82) is 0 Å². The fraction of sp³-hybridized carbons (Fsp3) is 0.233. The van der Waals surface area contributed by atoms with Crippen LogP contribution >= 0.6 is 0 Å². The molecule has 0 fully saturated rings. The first-order chi connectivity index (χ1) is 17.1. The summed E-state index contributed by atoms with van der Waals surface area (Å²) in [4.78, 5) is 37.9. The molecule has 0 atom stereocenters. The molecule has 0 amide bonds. The first-order valence-corrected chi connectivity index (χ1v) is 11.6. The Labute approximate surface area is 210 Å². The molecule has 0 unspecified atom stereocenters. The Bertz CT molecular complexity index is 1350. The molecule has 0 radical (unpaired) electrons. The van der Waals surface area contributed by atoms with E-state index in [1.807, 2.05) is 19.1 Å². The first kappa shape index (κ1) is 24.9. The number of hydrogen-bond acceptors (Lipinski definition) is 6. The third-order valence-corrected chi connectivity index (χ3v) is 5.92. The third-order valence-electron chi connectivity index (χ3n) is 5.92. The Balaban J connectivity index is 1.49. The maximum atomic E-state index is 12.7. The SMILES string of the molecule is COc1cc(C=C2C(=O)c3ccccc3C2=O)ccc1OC(=O)COc1ccc(C)cc1C(C)(C)C. The molecular weight excluding hydrogens is 456 g/mol. The molecule has 0 bridgehead atoms. The van der Waals surface area contributed by atoms with Gasteiger partial charge in [-0.25, -0.2) is 4.79 Å². The molecule has 0 spiro atoms. The standard InChI is InChI=1S/C30H28O6/c1-18-10-12-24(23(14-18)30(2,3)4)35-17-27(31)36-25-13-11-19(16-26(25)34-5)15-22-28(32)20-8-6-7-9-21(20)29(22)33/h6-16H,17H2,1-5H3. The summed E-state index contributed by atoms with van der Waals surface area (Å²) in [7, 11) is 1.45. The van der Waals surface area contributed by atoms with Crippen LogP contribution in [-0.2, 0) is 10.2 Å². The Kier molecular flexibility index (Phi) is 6.80. The van der Waals surface area contributed by atoms with Crippen molar-refractivity contribution in [2.45, 2.75) is 33.1 Å². The van der Waals surface area contributed by atoms with E-state index in [1.54, 1.807) is 42.5 Å². The van der Waals surface area contributed by atoms with E-state index in [2.05, 4.69) is 26.8 Å². The van der Waals surface area contributed by atoms with E-state index in [0.717, 1.165) is 11.1 Å². The van der Waals surface area contributed by atoms with Crippen LogP contribution in [0.1, 0.15) is 58.2 Å². The minimum absolute atomic E-state index is 0.0872. The van der Waals surface area contributed by atoms with Crippen LogP contribution in [0.2, 0.25) is 0 Å². The molecule has 184 valence electrons. The number of ether oxygens (including phenoxy) is 3. The molecule has 0 heterocycles. The van der Waals surface area contributed by atoms with Gasteiger partial charge >= 0.3 is 5.97 Å². The van der Waals surface area contributed by atoms with Gasteiger partial charge in [0.15, 0.2) is 29.7 Å². The summed E-state index contributed by atoms with van der Waals surface area (Å²) >= 11 is 0. The van der Waals surface area contributed by atoms with Crippen molar-refractivity contribution in [3.63, 3.8) is 0 Å². The first-order valence-electron chi connectivity index (χ1n) is 11.6. The van der Waals surface area contributed by atoms with Gasteiger partial charge in [0.25, 0.3) is 0 Å². The molecule has 36 heavy (non-hydrogen) atoms. The third kappa shape index (κ3) is 5.08. The van der Waals surface area contributed by atoms with E-state index in [9.17, 15) is 14.4 Å². The summed E-state index contributed by atoms with van der Waals surface area (Å²) in [5.41, 5.74) is 3.42. The average Bonchev–Trinajstić information content (AvgIpc) is 3.08. The van der Waals surface area contributed by atoms with Crippen LogP contribution < -0.4 is 14.2 Å². The van der Waals surface area contributed by atoms with Crippen molar-refractivity contribution in [2.75, 3.05) is 13.7 Å². The fourth-order valence-electron chi connectivity index (χ4n) is 4.07. The van der Waals surface area contributed by atoms with Crippen LogP contribution in [0, 0.1) is 6.92 Å². The van der Waals surface area contributed by atoms with Crippen molar-refractivity contribution < 1.29 is 28.6 Å². The number of carbonyl (C=O) groups is 3. The van der Waals surface area contributed by atoms with Gasteiger partial charge in [-0.05, 0) is 47.7 Å². The molecule has 6 nitrogen and oxygen atoms in total. The van der Waals surface area contributed by atoms with Crippen LogP contribution in [0.5, 0.6) is 17.2 Å². The Hall–Kier alpha value is -4.19. The lowest BCUT2D eigenvalue weighted by Gasteiger charge is -2.23. The molecule has 1 aliphatic rings. The summed E-state index contributed by atoms with van der Waals surface area (Å²) in [6.07, 6.45) is 1.52. The lowest BCUT2D eigenvalue weighted by atomic mass is 9.85. The highest BCUT2D eigenvalue weighted by Crippen LogP contribution is 2.34. The topological polar surface area (TPSA) is 78.9 Å². The fourth-order valence-corrected chi connectivity index (χ4v) is 4.07. The molecule has 0 aliphatic heterocycles. The van der Waals surface area contributed by atoms with E-state index in [1.165, 1.54) is 13.2 Å². The largest absolute Gasteiger partial charge is 0.493 e. The van der Waals surface area contributed by atoms with Gasteiger partial charge in [-0.15, -0.1) is 0 Å². The highest BCUT2D eigenvalue weighted by Gasteiger charge is 2.32. The number of rotatable bonds is 6. The summed E-state index contributed by atoms with van der Waals surface area (Å²) in [6.45, 7) is 7.99. The van der Waals surface area contributed by atoms with Gasteiger partial charge in [-0.1, -0.05) is 68.8 Å². The van der Waals surface area contributed by atoms with Crippen molar-refractivity contribution in [2.24, 2.45) is 0 Å². The number of aryl methyl sites for hydroxylation is 1. The van der Waals surface area contributed by atoms with Gasteiger partial charge < -0.3 is 14.2 Å². The molecule has 0 aromatic heterocycles. The van der Waals surface area contributed by atoms with Crippen molar-refractivity contribution in [1.82, 2.24) is 0 Å². The van der Waals surface area contributed by atoms with Crippen molar-refractivity contribution >= 4 is 23.6 Å². The summed E-state index contributed by atoms with van der Waals surface area (Å²) in [6, 6.07) is 17.4. The maximum Gasteiger partial charge on any atom is 0.349 e.